The van der Waals surface area contributed by atoms with E-state index in [0.29, 0.717) is 11.6 Å². The lowest BCUT2D eigenvalue weighted by Gasteiger charge is -2.09. The summed E-state index contributed by atoms with van der Waals surface area (Å²) < 4.78 is 39.6. The van der Waals surface area contributed by atoms with Crippen LogP contribution in [-0.2, 0) is 12.7 Å². The van der Waals surface area contributed by atoms with Gasteiger partial charge in [-0.1, -0.05) is 35.9 Å². The summed E-state index contributed by atoms with van der Waals surface area (Å²) in [5.41, 5.74) is -0.0377. The molecule has 3 aromatic rings. The largest absolute Gasteiger partial charge is 0.416 e. The molecule has 2 N–H and O–H groups in total. The SMILES string of the molecule is O=C(Nc1cccc(C(F)(F)F)c1)Nc1ncn(Cc2ccccc2Cl)n1. The summed E-state index contributed by atoms with van der Waals surface area (Å²) in [7, 11) is 0. The van der Waals surface area contributed by atoms with Gasteiger partial charge in [0.25, 0.3) is 0 Å². The minimum absolute atomic E-state index is 0.00201. The van der Waals surface area contributed by atoms with Crippen LogP contribution >= 0.6 is 11.6 Å². The second-order valence-electron chi connectivity index (χ2n) is 5.51. The Bertz CT molecular complexity index is 957. The molecular weight excluding hydrogens is 383 g/mol. The monoisotopic (exact) mass is 395 g/mol. The summed E-state index contributed by atoms with van der Waals surface area (Å²) in [4.78, 5) is 15.9. The maximum Gasteiger partial charge on any atom is 0.416 e. The van der Waals surface area contributed by atoms with Crippen molar-refractivity contribution >= 4 is 29.3 Å². The second-order valence-corrected chi connectivity index (χ2v) is 5.92. The zero-order valence-electron chi connectivity index (χ0n) is 13.7. The van der Waals surface area contributed by atoms with Crippen molar-refractivity contribution in [2.24, 2.45) is 0 Å². The number of halogens is 4. The summed E-state index contributed by atoms with van der Waals surface area (Å²) in [5, 5.41) is 9.33. The number of nitrogens with zero attached hydrogens (tertiary/aromatic N) is 3. The van der Waals surface area contributed by atoms with E-state index in [1.165, 1.54) is 23.1 Å². The Hall–Kier alpha value is -3.07. The highest BCUT2D eigenvalue weighted by Crippen LogP contribution is 2.30. The van der Waals surface area contributed by atoms with Crippen LogP contribution in [0.4, 0.5) is 29.6 Å². The maximum atomic E-state index is 12.7. The number of alkyl halides is 3. The van der Waals surface area contributed by atoms with Crippen molar-refractivity contribution in [1.29, 1.82) is 0 Å². The second kappa shape index (κ2) is 7.67. The Kier molecular flexibility index (Phi) is 5.31. The van der Waals surface area contributed by atoms with Crippen LogP contribution in [-0.4, -0.2) is 20.8 Å². The van der Waals surface area contributed by atoms with Crippen LogP contribution in [0.3, 0.4) is 0 Å². The van der Waals surface area contributed by atoms with E-state index in [1.54, 1.807) is 12.1 Å². The van der Waals surface area contributed by atoms with E-state index in [2.05, 4.69) is 20.7 Å². The molecule has 1 heterocycles. The average molecular weight is 396 g/mol. The summed E-state index contributed by atoms with van der Waals surface area (Å²) in [6.45, 7) is 0.351. The first kappa shape index (κ1) is 18.7. The van der Waals surface area contributed by atoms with Gasteiger partial charge in [0, 0.05) is 10.7 Å². The van der Waals surface area contributed by atoms with Crippen molar-refractivity contribution in [2.75, 3.05) is 10.6 Å². The lowest BCUT2D eigenvalue weighted by Crippen LogP contribution is -2.20. The van der Waals surface area contributed by atoms with Crippen molar-refractivity contribution in [3.8, 4) is 0 Å². The van der Waals surface area contributed by atoms with E-state index in [-0.39, 0.29) is 11.6 Å². The number of carbonyl (C=O) groups excluding carboxylic acids is 1. The molecule has 0 unspecified atom stereocenters. The van der Waals surface area contributed by atoms with Crippen LogP contribution in [0.25, 0.3) is 0 Å². The Morgan fingerprint density at radius 3 is 2.63 bits per heavy atom. The van der Waals surface area contributed by atoms with E-state index >= 15 is 0 Å². The van der Waals surface area contributed by atoms with E-state index < -0.39 is 17.8 Å². The first-order chi connectivity index (χ1) is 12.8. The van der Waals surface area contributed by atoms with E-state index in [0.717, 1.165) is 17.7 Å². The zero-order valence-corrected chi connectivity index (χ0v) is 14.4. The minimum Gasteiger partial charge on any atom is -0.308 e. The van der Waals surface area contributed by atoms with Crippen LogP contribution in [0.2, 0.25) is 5.02 Å². The van der Waals surface area contributed by atoms with Gasteiger partial charge in [-0.3, -0.25) is 5.32 Å². The predicted octanol–water partition coefficient (Wildman–Crippen LogP) is 4.64. The Morgan fingerprint density at radius 2 is 1.89 bits per heavy atom. The molecule has 2 amide bonds. The molecule has 0 aliphatic heterocycles. The molecule has 2 aromatic carbocycles. The molecule has 1 aromatic heterocycles. The Balaban J connectivity index is 1.62. The smallest absolute Gasteiger partial charge is 0.308 e. The summed E-state index contributed by atoms with van der Waals surface area (Å²) >= 11 is 6.08. The number of benzene rings is 2. The molecule has 0 saturated heterocycles. The van der Waals surface area contributed by atoms with E-state index in [1.807, 2.05) is 12.1 Å². The topological polar surface area (TPSA) is 71.8 Å². The molecule has 27 heavy (non-hydrogen) atoms. The average Bonchev–Trinajstić information content (AvgIpc) is 3.03. The molecule has 3 rings (SSSR count). The third kappa shape index (κ3) is 4.98. The normalized spacial score (nSPS) is 11.3. The third-order valence-corrected chi connectivity index (χ3v) is 3.87. The van der Waals surface area contributed by atoms with Gasteiger partial charge in [0.15, 0.2) is 0 Å². The van der Waals surface area contributed by atoms with Gasteiger partial charge in [0.1, 0.15) is 6.33 Å². The lowest BCUT2D eigenvalue weighted by atomic mass is 10.2. The summed E-state index contributed by atoms with van der Waals surface area (Å²) in [5.74, 6) is 0.00605. The molecule has 6 nitrogen and oxygen atoms in total. The minimum atomic E-state index is -4.49. The van der Waals surface area contributed by atoms with Crippen LogP contribution in [0, 0.1) is 0 Å². The van der Waals surface area contributed by atoms with E-state index in [4.69, 9.17) is 11.6 Å². The lowest BCUT2D eigenvalue weighted by molar-refractivity contribution is -0.137. The number of anilines is 2. The van der Waals surface area contributed by atoms with Crippen molar-refractivity contribution in [3.05, 3.63) is 71.0 Å². The maximum absolute atomic E-state index is 12.7. The summed E-state index contributed by atoms with van der Waals surface area (Å²) in [6, 6.07) is 10.8. The van der Waals surface area contributed by atoms with Crippen molar-refractivity contribution in [2.45, 2.75) is 12.7 Å². The van der Waals surface area contributed by atoms with Gasteiger partial charge in [-0.25, -0.2) is 14.5 Å². The quantitative estimate of drug-likeness (QED) is 0.675. The zero-order chi connectivity index (χ0) is 19.4. The Morgan fingerprint density at radius 1 is 1.11 bits per heavy atom. The highest BCUT2D eigenvalue weighted by atomic mass is 35.5. The molecule has 0 atom stereocenters. The molecule has 0 radical (unpaired) electrons. The Labute approximate surface area is 157 Å². The highest BCUT2D eigenvalue weighted by molar-refractivity contribution is 6.31. The standard InChI is InChI=1S/C17H13ClF3N5O/c18-14-7-2-1-4-11(14)9-26-10-22-15(25-26)24-16(27)23-13-6-3-5-12(8-13)17(19,20)21/h1-8,10H,9H2,(H2,23,24,25,27). The van der Waals surface area contributed by atoms with Crippen LogP contribution < -0.4 is 10.6 Å². The number of nitrogens with one attached hydrogen (secondary N) is 2. The number of hydrogen-bond acceptors (Lipinski definition) is 3. The predicted molar refractivity (Wildman–Crippen MR) is 94.7 cm³/mol. The molecular formula is C17H13ClF3N5O. The number of aromatic nitrogens is 3. The van der Waals surface area contributed by atoms with Gasteiger partial charge >= 0.3 is 12.2 Å². The number of carbonyl (C=O) groups is 1. The molecule has 0 aliphatic rings. The van der Waals surface area contributed by atoms with Crippen molar-refractivity contribution < 1.29 is 18.0 Å². The molecule has 10 heteroatoms. The van der Waals surface area contributed by atoms with Gasteiger partial charge < -0.3 is 5.32 Å². The van der Waals surface area contributed by atoms with Gasteiger partial charge in [0.2, 0.25) is 5.95 Å². The van der Waals surface area contributed by atoms with Crippen LogP contribution in [0.1, 0.15) is 11.1 Å². The fourth-order valence-electron chi connectivity index (χ4n) is 2.27. The fourth-order valence-corrected chi connectivity index (χ4v) is 2.46. The number of amides is 2. The molecule has 0 fully saturated rings. The van der Waals surface area contributed by atoms with E-state index in [9.17, 15) is 18.0 Å². The number of urea groups is 1. The number of rotatable bonds is 4. The summed E-state index contributed by atoms with van der Waals surface area (Å²) in [6.07, 6.45) is -3.09. The van der Waals surface area contributed by atoms with Gasteiger partial charge in [-0.15, -0.1) is 5.10 Å². The third-order valence-electron chi connectivity index (χ3n) is 3.50. The molecule has 0 spiro atoms. The van der Waals surface area contributed by atoms with Crippen molar-refractivity contribution in [3.63, 3.8) is 0 Å². The van der Waals surface area contributed by atoms with Crippen molar-refractivity contribution in [1.82, 2.24) is 14.8 Å². The first-order valence-corrected chi connectivity index (χ1v) is 8.07. The van der Waals surface area contributed by atoms with Crippen LogP contribution in [0.5, 0.6) is 0 Å². The molecule has 0 saturated carbocycles. The molecule has 140 valence electrons. The highest BCUT2D eigenvalue weighted by Gasteiger charge is 2.30. The fraction of sp³-hybridized carbons (Fsp3) is 0.118. The number of hydrogen-bond donors (Lipinski definition) is 2. The van der Waals surface area contributed by atoms with Gasteiger partial charge in [-0.2, -0.15) is 13.2 Å². The van der Waals surface area contributed by atoms with Crippen LogP contribution in [0.15, 0.2) is 54.9 Å². The van der Waals surface area contributed by atoms with Gasteiger partial charge in [0.05, 0.1) is 12.1 Å². The molecule has 0 aliphatic carbocycles. The van der Waals surface area contributed by atoms with Gasteiger partial charge in [-0.05, 0) is 29.8 Å². The molecule has 0 bridgehead atoms. The first-order valence-electron chi connectivity index (χ1n) is 7.69.